The van der Waals surface area contributed by atoms with E-state index in [1.165, 1.54) is 25.0 Å². The summed E-state index contributed by atoms with van der Waals surface area (Å²) < 4.78 is 17.8. The molecule has 86 valence electrons. The Labute approximate surface area is 93.4 Å². The summed E-state index contributed by atoms with van der Waals surface area (Å²) in [4.78, 5) is 11.6. The van der Waals surface area contributed by atoms with Crippen LogP contribution in [-0.4, -0.2) is 12.6 Å². The molecule has 0 unspecified atom stereocenters. The number of nitrogens with two attached hydrogens (primary N) is 1. The average molecular weight is 223 g/mol. The number of benzene rings is 1. The van der Waals surface area contributed by atoms with E-state index >= 15 is 0 Å². The zero-order valence-electron chi connectivity index (χ0n) is 8.91. The van der Waals surface area contributed by atoms with Gasteiger partial charge >= 0.3 is 5.97 Å². The highest BCUT2D eigenvalue weighted by Crippen LogP contribution is 2.32. The number of carbonyl (C=O) groups excluding carboxylic acids is 1. The van der Waals surface area contributed by atoms with E-state index in [1.807, 2.05) is 0 Å². The van der Waals surface area contributed by atoms with Gasteiger partial charge in [-0.3, -0.25) is 0 Å². The van der Waals surface area contributed by atoms with Crippen LogP contribution in [0.1, 0.15) is 29.6 Å². The van der Waals surface area contributed by atoms with Crippen LogP contribution in [0, 0.1) is 11.7 Å². The van der Waals surface area contributed by atoms with Gasteiger partial charge in [-0.05, 0) is 30.5 Å². The van der Waals surface area contributed by atoms with E-state index in [-0.39, 0.29) is 11.3 Å². The Hall–Kier alpha value is -1.58. The summed E-state index contributed by atoms with van der Waals surface area (Å²) in [7, 11) is 0. The summed E-state index contributed by atoms with van der Waals surface area (Å²) in [5.74, 6) is -0.205. The number of carbonyl (C=O) groups is 1. The van der Waals surface area contributed by atoms with Gasteiger partial charge < -0.3 is 10.5 Å². The van der Waals surface area contributed by atoms with Crippen LogP contribution < -0.4 is 5.73 Å². The molecule has 16 heavy (non-hydrogen) atoms. The summed E-state index contributed by atoms with van der Waals surface area (Å²) >= 11 is 0. The number of halogens is 1. The third kappa shape index (κ3) is 2.72. The van der Waals surface area contributed by atoms with Crippen LogP contribution in [0.2, 0.25) is 0 Å². The Balaban J connectivity index is 1.91. The molecule has 0 radical (unpaired) electrons. The fourth-order valence-corrected chi connectivity index (χ4v) is 1.52. The van der Waals surface area contributed by atoms with E-state index in [0.29, 0.717) is 6.61 Å². The molecule has 2 N–H and O–H groups in total. The minimum absolute atomic E-state index is 0.122. The zero-order valence-corrected chi connectivity index (χ0v) is 8.91. The minimum Gasteiger partial charge on any atom is -0.462 e. The second-order valence-electron chi connectivity index (χ2n) is 4.10. The molecule has 1 saturated carbocycles. The van der Waals surface area contributed by atoms with Crippen LogP contribution in [-0.2, 0) is 4.74 Å². The first-order valence-corrected chi connectivity index (χ1v) is 5.39. The molecule has 1 fully saturated rings. The van der Waals surface area contributed by atoms with Crippen molar-refractivity contribution in [1.82, 2.24) is 0 Å². The summed E-state index contributed by atoms with van der Waals surface area (Å²) in [6.07, 6.45) is 3.37. The van der Waals surface area contributed by atoms with Crippen molar-refractivity contribution in [3.63, 3.8) is 0 Å². The SMILES string of the molecule is Nc1cc(F)ccc1C(=O)OCCC1CC1. The molecular weight excluding hydrogens is 209 g/mol. The van der Waals surface area contributed by atoms with Crippen molar-refractivity contribution in [2.24, 2.45) is 5.92 Å². The first-order valence-electron chi connectivity index (χ1n) is 5.39. The number of esters is 1. The summed E-state index contributed by atoms with van der Waals surface area (Å²) in [5, 5.41) is 0. The van der Waals surface area contributed by atoms with Gasteiger partial charge in [-0.15, -0.1) is 0 Å². The highest BCUT2D eigenvalue weighted by atomic mass is 19.1. The van der Waals surface area contributed by atoms with Gasteiger partial charge in [-0.2, -0.15) is 0 Å². The van der Waals surface area contributed by atoms with Gasteiger partial charge in [0.25, 0.3) is 0 Å². The van der Waals surface area contributed by atoms with Gasteiger partial charge in [0.2, 0.25) is 0 Å². The average Bonchev–Trinajstić information content (AvgIpc) is 3.01. The maximum absolute atomic E-state index is 12.7. The monoisotopic (exact) mass is 223 g/mol. The Bertz CT molecular complexity index is 402. The largest absolute Gasteiger partial charge is 0.462 e. The third-order valence-corrected chi connectivity index (χ3v) is 2.69. The number of rotatable bonds is 4. The Morgan fingerprint density at radius 1 is 1.50 bits per heavy atom. The van der Waals surface area contributed by atoms with E-state index in [2.05, 4.69) is 0 Å². The van der Waals surface area contributed by atoms with Crippen molar-refractivity contribution in [3.8, 4) is 0 Å². The lowest BCUT2D eigenvalue weighted by Crippen LogP contribution is -2.09. The fraction of sp³-hybridized carbons (Fsp3) is 0.417. The van der Waals surface area contributed by atoms with Gasteiger partial charge in [0.05, 0.1) is 12.2 Å². The Kier molecular flexibility index (Phi) is 3.08. The van der Waals surface area contributed by atoms with E-state index in [0.717, 1.165) is 18.4 Å². The lowest BCUT2D eigenvalue weighted by Gasteiger charge is -2.06. The number of hydrogen-bond acceptors (Lipinski definition) is 3. The van der Waals surface area contributed by atoms with Crippen LogP contribution in [0.25, 0.3) is 0 Å². The van der Waals surface area contributed by atoms with Crippen LogP contribution >= 0.6 is 0 Å². The molecule has 1 aliphatic rings. The molecule has 0 spiro atoms. The molecule has 3 nitrogen and oxygen atoms in total. The molecule has 0 atom stereocenters. The fourth-order valence-electron chi connectivity index (χ4n) is 1.52. The van der Waals surface area contributed by atoms with Gasteiger partial charge in [0.15, 0.2) is 0 Å². The first-order chi connectivity index (χ1) is 7.66. The minimum atomic E-state index is -0.474. The highest BCUT2D eigenvalue weighted by Gasteiger charge is 2.21. The molecule has 0 heterocycles. The molecule has 0 aromatic heterocycles. The lowest BCUT2D eigenvalue weighted by molar-refractivity contribution is 0.0496. The Morgan fingerprint density at radius 2 is 2.25 bits per heavy atom. The second-order valence-corrected chi connectivity index (χ2v) is 4.10. The molecule has 0 amide bonds. The first kappa shape index (κ1) is 10.9. The second kappa shape index (κ2) is 4.51. The summed E-state index contributed by atoms with van der Waals surface area (Å²) in [6.45, 7) is 0.417. The van der Waals surface area contributed by atoms with Crippen LogP contribution in [0.3, 0.4) is 0 Å². The van der Waals surface area contributed by atoms with Crippen molar-refractivity contribution in [2.75, 3.05) is 12.3 Å². The molecule has 0 aliphatic heterocycles. The molecule has 1 aliphatic carbocycles. The molecule has 1 aromatic carbocycles. The van der Waals surface area contributed by atoms with Crippen molar-refractivity contribution < 1.29 is 13.9 Å². The molecule has 4 heteroatoms. The van der Waals surface area contributed by atoms with Crippen molar-refractivity contribution >= 4 is 11.7 Å². The number of anilines is 1. The standard InChI is InChI=1S/C12H14FNO2/c13-9-3-4-10(11(14)7-9)12(15)16-6-5-8-1-2-8/h3-4,7-8H,1-2,5-6,14H2. The number of nitrogen functional groups attached to an aromatic ring is 1. The highest BCUT2D eigenvalue weighted by molar-refractivity contribution is 5.94. The lowest BCUT2D eigenvalue weighted by atomic mass is 10.2. The summed E-state index contributed by atoms with van der Waals surface area (Å²) in [6, 6.07) is 3.68. The van der Waals surface area contributed by atoms with E-state index in [1.54, 1.807) is 0 Å². The molecule has 0 saturated heterocycles. The van der Waals surface area contributed by atoms with Gasteiger partial charge in [0.1, 0.15) is 5.82 Å². The predicted octanol–water partition coefficient (Wildman–Crippen LogP) is 2.36. The molecule has 1 aromatic rings. The van der Waals surface area contributed by atoms with Crippen molar-refractivity contribution in [2.45, 2.75) is 19.3 Å². The van der Waals surface area contributed by atoms with Crippen LogP contribution in [0.5, 0.6) is 0 Å². The smallest absolute Gasteiger partial charge is 0.340 e. The maximum Gasteiger partial charge on any atom is 0.340 e. The van der Waals surface area contributed by atoms with Gasteiger partial charge in [-0.25, -0.2) is 9.18 Å². The topological polar surface area (TPSA) is 52.3 Å². The van der Waals surface area contributed by atoms with E-state index < -0.39 is 11.8 Å². The van der Waals surface area contributed by atoms with Gasteiger partial charge in [0, 0.05) is 5.69 Å². The summed E-state index contributed by atoms with van der Waals surface area (Å²) in [5.41, 5.74) is 5.88. The third-order valence-electron chi connectivity index (χ3n) is 2.69. The molecule has 2 rings (SSSR count). The maximum atomic E-state index is 12.7. The quantitative estimate of drug-likeness (QED) is 0.629. The normalized spacial score (nSPS) is 14.8. The Morgan fingerprint density at radius 3 is 2.88 bits per heavy atom. The number of ether oxygens (including phenoxy) is 1. The van der Waals surface area contributed by atoms with Crippen LogP contribution in [0.15, 0.2) is 18.2 Å². The van der Waals surface area contributed by atoms with E-state index in [9.17, 15) is 9.18 Å². The number of hydrogen-bond donors (Lipinski definition) is 1. The molecule has 0 bridgehead atoms. The van der Waals surface area contributed by atoms with Gasteiger partial charge in [-0.1, -0.05) is 12.8 Å². The van der Waals surface area contributed by atoms with Crippen LogP contribution in [0.4, 0.5) is 10.1 Å². The zero-order chi connectivity index (χ0) is 11.5. The predicted molar refractivity (Wildman–Crippen MR) is 58.4 cm³/mol. The van der Waals surface area contributed by atoms with E-state index in [4.69, 9.17) is 10.5 Å². The van der Waals surface area contributed by atoms with Crippen molar-refractivity contribution in [3.05, 3.63) is 29.6 Å². The van der Waals surface area contributed by atoms with Crippen molar-refractivity contribution in [1.29, 1.82) is 0 Å². The molecular formula is C12H14FNO2.